The van der Waals surface area contributed by atoms with Gasteiger partial charge in [-0.15, -0.1) is 0 Å². The van der Waals surface area contributed by atoms with Crippen LogP contribution in [0.2, 0.25) is 0 Å². The average Bonchev–Trinajstić information content (AvgIpc) is 3.03. The number of rotatable bonds is 16. The Bertz CT molecular complexity index is 1470. The number of benzene rings is 2. The molecule has 2 aromatic carbocycles. The first-order valence-electron chi connectivity index (χ1n) is 14.4. The number of amides is 2. The van der Waals surface area contributed by atoms with E-state index in [1.165, 1.54) is 12.1 Å². The highest BCUT2D eigenvalue weighted by Crippen LogP contribution is 2.25. The molecule has 2 amide bonds. The summed E-state index contributed by atoms with van der Waals surface area (Å²) >= 11 is 0. The normalized spacial score (nSPS) is 12.3. The number of aromatic nitrogens is 1. The number of anilines is 1. The Hall–Kier alpha value is -5.27. The van der Waals surface area contributed by atoms with Gasteiger partial charge >= 0.3 is 24.1 Å². The Morgan fingerprint density at radius 3 is 2.13 bits per heavy atom. The molecule has 0 saturated carbocycles. The van der Waals surface area contributed by atoms with E-state index in [4.69, 9.17) is 0 Å². The number of carboxylic acids is 1. The van der Waals surface area contributed by atoms with E-state index in [9.17, 15) is 42.3 Å². The molecule has 1 aromatic heterocycles. The van der Waals surface area contributed by atoms with Crippen LogP contribution in [0.15, 0.2) is 79.0 Å². The van der Waals surface area contributed by atoms with Crippen LogP contribution in [0, 0.1) is 0 Å². The molecular formula is C32H33F3N4O7. The molecule has 3 rings (SSSR count). The van der Waals surface area contributed by atoms with E-state index in [0.717, 1.165) is 11.1 Å². The smallest absolute Gasteiger partial charge is 0.481 e. The lowest BCUT2D eigenvalue weighted by Gasteiger charge is -2.23. The molecule has 2 atom stereocenters. The van der Waals surface area contributed by atoms with Gasteiger partial charge in [0.1, 0.15) is 11.9 Å². The van der Waals surface area contributed by atoms with Crippen LogP contribution in [0.25, 0.3) is 11.1 Å². The summed E-state index contributed by atoms with van der Waals surface area (Å²) in [6.45, 7) is 0.533. The lowest BCUT2D eigenvalue weighted by molar-refractivity contribution is -0.202. The number of carbonyl (C=O) groups is 5. The summed E-state index contributed by atoms with van der Waals surface area (Å²) in [5.74, 6) is -6.21. The highest BCUT2D eigenvalue weighted by Gasteiger charge is 2.42. The van der Waals surface area contributed by atoms with Crippen molar-refractivity contribution in [3.8, 4) is 11.1 Å². The maximum absolute atomic E-state index is 13.3. The molecule has 1 heterocycles. The molecule has 0 bridgehead atoms. The third kappa shape index (κ3) is 12.0. The summed E-state index contributed by atoms with van der Waals surface area (Å²) in [7, 11) is 0. The third-order valence-electron chi connectivity index (χ3n) is 6.65. The van der Waals surface area contributed by atoms with Gasteiger partial charge in [-0.3, -0.25) is 19.2 Å². The van der Waals surface area contributed by atoms with Gasteiger partial charge in [0.05, 0.1) is 12.5 Å². The van der Waals surface area contributed by atoms with Crippen LogP contribution in [0.4, 0.5) is 19.0 Å². The SMILES string of the molecule is O=C(O)CC[C@H](NC(=O)CCCCNc1ccccn1)C(=O)NC(CC(=O)OC(=O)C(F)(F)F)c1ccc(-c2ccccc2)cc1. The van der Waals surface area contributed by atoms with Crippen molar-refractivity contribution < 1.29 is 47.0 Å². The second-order valence-corrected chi connectivity index (χ2v) is 10.2. The third-order valence-corrected chi connectivity index (χ3v) is 6.65. The molecule has 0 aliphatic carbocycles. The van der Waals surface area contributed by atoms with Gasteiger partial charge < -0.3 is 25.8 Å². The number of hydrogen-bond acceptors (Lipinski definition) is 8. The van der Waals surface area contributed by atoms with E-state index in [2.05, 4.69) is 25.7 Å². The molecule has 244 valence electrons. The maximum Gasteiger partial charge on any atom is 0.491 e. The van der Waals surface area contributed by atoms with Gasteiger partial charge in [0, 0.05) is 25.6 Å². The number of halogens is 3. The van der Waals surface area contributed by atoms with Gasteiger partial charge in [-0.1, -0.05) is 60.7 Å². The van der Waals surface area contributed by atoms with Crippen LogP contribution >= 0.6 is 0 Å². The number of pyridine rings is 1. The zero-order valence-electron chi connectivity index (χ0n) is 24.6. The van der Waals surface area contributed by atoms with E-state index >= 15 is 0 Å². The molecule has 0 aliphatic rings. The van der Waals surface area contributed by atoms with E-state index in [-0.39, 0.29) is 18.4 Å². The van der Waals surface area contributed by atoms with Crippen molar-refractivity contribution in [1.82, 2.24) is 15.6 Å². The summed E-state index contributed by atoms with van der Waals surface area (Å²) in [6, 6.07) is 18.3. The van der Waals surface area contributed by atoms with Crippen LogP contribution in [0.3, 0.4) is 0 Å². The number of hydrogen-bond donors (Lipinski definition) is 4. The number of nitrogens with one attached hydrogen (secondary N) is 3. The first-order chi connectivity index (χ1) is 21.9. The van der Waals surface area contributed by atoms with Crippen molar-refractivity contribution in [1.29, 1.82) is 0 Å². The van der Waals surface area contributed by atoms with E-state index in [1.54, 1.807) is 30.5 Å². The first kappa shape index (κ1) is 35.2. The van der Waals surface area contributed by atoms with Crippen molar-refractivity contribution in [2.75, 3.05) is 11.9 Å². The second kappa shape index (κ2) is 17.3. The van der Waals surface area contributed by atoms with Gasteiger partial charge in [-0.25, -0.2) is 9.78 Å². The average molecular weight is 643 g/mol. The summed E-state index contributed by atoms with van der Waals surface area (Å²) in [4.78, 5) is 64.9. The predicted octanol–water partition coefficient (Wildman–Crippen LogP) is 4.56. The molecule has 11 nitrogen and oxygen atoms in total. The minimum Gasteiger partial charge on any atom is -0.481 e. The largest absolute Gasteiger partial charge is 0.491 e. The van der Waals surface area contributed by atoms with Crippen LogP contribution in [-0.4, -0.2) is 58.6 Å². The minimum absolute atomic E-state index is 0.0248. The van der Waals surface area contributed by atoms with Gasteiger partial charge in [0.25, 0.3) is 0 Å². The van der Waals surface area contributed by atoms with Gasteiger partial charge in [-0.05, 0) is 48.1 Å². The number of ether oxygens (including phenoxy) is 1. The molecule has 3 aromatic rings. The Balaban J connectivity index is 1.70. The Morgan fingerprint density at radius 2 is 1.50 bits per heavy atom. The molecular weight excluding hydrogens is 609 g/mol. The summed E-state index contributed by atoms with van der Waals surface area (Å²) < 4.78 is 42.0. The van der Waals surface area contributed by atoms with Crippen molar-refractivity contribution in [3.63, 3.8) is 0 Å². The Morgan fingerprint density at radius 1 is 0.826 bits per heavy atom. The quantitative estimate of drug-likeness (QED) is 0.0996. The fourth-order valence-electron chi connectivity index (χ4n) is 4.33. The number of nitrogens with zero attached hydrogens (tertiary/aromatic N) is 1. The Kier molecular flexibility index (Phi) is 13.2. The van der Waals surface area contributed by atoms with Crippen molar-refractivity contribution in [3.05, 3.63) is 84.6 Å². The maximum atomic E-state index is 13.3. The molecule has 0 spiro atoms. The first-order valence-corrected chi connectivity index (χ1v) is 14.4. The Labute approximate surface area is 262 Å². The molecule has 0 fully saturated rings. The molecule has 1 unspecified atom stereocenters. The fraction of sp³-hybridized carbons (Fsp3) is 0.312. The van der Waals surface area contributed by atoms with E-state index in [1.807, 2.05) is 36.4 Å². The second-order valence-electron chi connectivity index (χ2n) is 10.2. The zero-order chi connectivity index (χ0) is 33.5. The summed E-state index contributed by atoms with van der Waals surface area (Å²) in [5.41, 5.74) is 1.91. The lowest BCUT2D eigenvalue weighted by Crippen LogP contribution is -2.48. The number of esters is 2. The number of carboxylic acid groups (broad SMARTS) is 1. The fourth-order valence-corrected chi connectivity index (χ4v) is 4.33. The number of carbonyl (C=O) groups excluding carboxylic acids is 4. The number of aliphatic carboxylic acids is 1. The summed E-state index contributed by atoms with van der Waals surface area (Å²) in [5, 5.41) is 17.3. The molecule has 4 N–H and O–H groups in total. The number of alkyl halides is 3. The minimum atomic E-state index is -5.41. The lowest BCUT2D eigenvalue weighted by atomic mass is 9.98. The summed E-state index contributed by atoms with van der Waals surface area (Å²) in [6.07, 6.45) is -4.36. The van der Waals surface area contributed by atoms with Crippen molar-refractivity contribution in [2.24, 2.45) is 0 Å². The van der Waals surface area contributed by atoms with Crippen LogP contribution in [0.5, 0.6) is 0 Å². The zero-order valence-corrected chi connectivity index (χ0v) is 24.6. The molecule has 0 radical (unpaired) electrons. The predicted molar refractivity (Wildman–Crippen MR) is 160 cm³/mol. The number of unbranched alkanes of at least 4 members (excludes halogenated alkanes) is 1. The van der Waals surface area contributed by atoms with Crippen molar-refractivity contribution in [2.45, 2.75) is 56.8 Å². The molecule has 0 aliphatic heterocycles. The van der Waals surface area contributed by atoms with Gasteiger partial charge in [0.15, 0.2) is 0 Å². The van der Waals surface area contributed by atoms with Crippen LogP contribution in [-0.2, 0) is 28.7 Å². The molecule has 46 heavy (non-hydrogen) atoms. The highest BCUT2D eigenvalue weighted by atomic mass is 19.4. The van der Waals surface area contributed by atoms with E-state index < -0.39 is 60.8 Å². The molecule has 14 heteroatoms. The molecule has 0 saturated heterocycles. The monoisotopic (exact) mass is 642 g/mol. The standard InChI is InChI=1S/C32H33F3N4O7/c33-32(34,35)31(45)46-29(43)20-25(23-14-12-22(13-15-23)21-8-2-1-3-9-21)39-30(44)24(16-17-28(41)42)38-27(40)11-5-7-19-37-26-10-4-6-18-36-26/h1-4,6,8-10,12-15,18,24-25H,5,7,11,16-17,19-20H2,(H,36,37)(H,38,40)(H,39,44)(H,41,42)/t24-,25?/m0/s1. The topological polar surface area (TPSA) is 164 Å². The van der Waals surface area contributed by atoms with Gasteiger partial charge in [-0.2, -0.15) is 13.2 Å². The van der Waals surface area contributed by atoms with Crippen molar-refractivity contribution >= 4 is 35.5 Å². The van der Waals surface area contributed by atoms with Crippen LogP contribution in [0.1, 0.15) is 50.1 Å². The highest BCUT2D eigenvalue weighted by molar-refractivity contribution is 5.90. The van der Waals surface area contributed by atoms with Gasteiger partial charge in [0.2, 0.25) is 11.8 Å². The van der Waals surface area contributed by atoms with Crippen LogP contribution < -0.4 is 16.0 Å². The van der Waals surface area contributed by atoms with E-state index in [0.29, 0.717) is 25.2 Å².